The van der Waals surface area contributed by atoms with Crippen molar-refractivity contribution in [1.82, 2.24) is 0 Å². The number of benzene rings is 2. The quantitative estimate of drug-likeness (QED) is 0.230. The Labute approximate surface area is 228 Å². The molecule has 34 heavy (non-hydrogen) atoms. The number of halogens is 2. The molecule has 0 amide bonds. The molecule has 182 valence electrons. The van der Waals surface area contributed by atoms with E-state index >= 15 is 0 Å². The maximum atomic E-state index is 2.31. The van der Waals surface area contributed by atoms with Crippen LogP contribution in [-0.2, 0) is 39.0 Å². The molecule has 0 saturated carbocycles. The first-order chi connectivity index (χ1) is 15.2. The summed E-state index contributed by atoms with van der Waals surface area (Å²) in [7, 11) is 1.20. The van der Waals surface area contributed by atoms with E-state index in [1.807, 2.05) is 0 Å². The molecule has 0 aliphatic heterocycles. The second-order valence-electron chi connectivity index (χ2n) is 8.15. The summed E-state index contributed by atoms with van der Waals surface area (Å²) in [5.41, 5.74) is 2.98. The summed E-state index contributed by atoms with van der Waals surface area (Å²) in [6, 6.07) is 29.1. The Kier molecular flexibility index (Phi) is 21.4. The molecule has 4 aromatic rings. The van der Waals surface area contributed by atoms with Gasteiger partial charge in [0.05, 0.1) is 0 Å². The van der Waals surface area contributed by atoms with Gasteiger partial charge in [-0.1, -0.05) is 77.6 Å². The van der Waals surface area contributed by atoms with Crippen LogP contribution in [0.1, 0.15) is 64.5 Å². The summed E-state index contributed by atoms with van der Waals surface area (Å²) >= 11 is 0. The molecule has 0 aliphatic carbocycles. The molecule has 0 aliphatic rings. The van der Waals surface area contributed by atoms with E-state index in [1.165, 1.54) is 92.8 Å². The third kappa shape index (κ3) is 12.4. The van der Waals surface area contributed by atoms with Gasteiger partial charge >= 0.3 is 26.2 Å². The summed E-state index contributed by atoms with van der Waals surface area (Å²) in [6.45, 7) is 8.93. The molecule has 2 radical (unpaired) electrons. The van der Waals surface area contributed by atoms with Crippen molar-refractivity contribution < 1.29 is 35.6 Å². The van der Waals surface area contributed by atoms with Crippen molar-refractivity contribution in [3.8, 4) is 0 Å². The molecule has 4 aromatic carbocycles. The van der Waals surface area contributed by atoms with Crippen LogP contribution < -0.4 is 9.41 Å². The maximum Gasteiger partial charge on any atom is 4.00 e. The average Bonchev–Trinajstić information content (AvgIpc) is 3.41. The minimum atomic E-state index is 0. The van der Waals surface area contributed by atoms with E-state index in [-0.39, 0.29) is 35.6 Å². The fourth-order valence-electron chi connectivity index (χ4n) is 3.73. The predicted molar refractivity (Wildman–Crippen MR) is 143 cm³/mol. The van der Waals surface area contributed by atoms with E-state index in [2.05, 4.69) is 100 Å². The summed E-state index contributed by atoms with van der Waals surface area (Å²) in [5.74, 6) is 0. The Bertz CT molecular complexity index is 843. The first kappa shape index (κ1) is 34.8. The molecule has 0 saturated heterocycles. The van der Waals surface area contributed by atoms with Crippen molar-refractivity contribution in [2.45, 2.75) is 78.3 Å². The van der Waals surface area contributed by atoms with Gasteiger partial charge in [-0.2, -0.15) is 12.1 Å². The van der Waals surface area contributed by atoms with E-state index in [9.17, 15) is 0 Å². The number of rotatable bonds is 8. The van der Waals surface area contributed by atoms with E-state index in [4.69, 9.17) is 0 Å². The van der Waals surface area contributed by atoms with Crippen LogP contribution in [0.4, 0.5) is 0 Å². The molecule has 0 spiro atoms. The van der Waals surface area contributed by atoms with Gasteiger partial charge in [0.2, 0.25) is 0 Å². The zero-order valence-electron chi connectivity index (χ0n) is 21.3. The Morgan fingerprint density at radius 2 is 1.00 bits per heavy atom. The van der Waals surface area contributed by atoms with Gasteiger partial charge in [0.15, 0.2) is 0 Å². The zero-order chi connectivity index (χ0) is 22.3. The second kappa shape index (κ2) is 20.9. The van der Waals surface area contributed by atoms with Gasteiger partial charge in [-0.05, 0) is 12.8 Å². The van der Waals surface area contributed by atoms with Crippen molar-refractivity contribution in [1.29, 1.82) is 0 Å². The SMILES string of the molecule is CCCCc1cc2ccccc2[cH-]1.CCCCc1cc2ccccc2[cH-]1.CC[Si]CC.[F-].[F-].[Zr+4]. The Morgan fingerprint density at radius 1 is 0.618 bits per heavy atom. The van der Waals surface area contributed by atoms with Crippen molar-refractivity contribution in [2.75, 3.05) is 0 Å². The van der Waals surface area contributed by atoms with Crippen LogP contribution in [0, 0.1) is 0 Å². The van der Waals surface area contributed by atoms with Gasteiger partial charge in [-0.3, -0.25) is 0 Å². The van der Waals surface area contributed by atoms with Crippen LogP contribution in [0.15, 0.2) is 72.8 Å². The molecule has 0 fully saturated rings. The molecular weight excluding hydrogens is 518 g/mol. The summed E-state index contributed by atoms with van der Waals surface area (Å²) < 4.78 is 0. The fourth-order valence-corrected chi connectivity index (χ4v) is 4.23. The van der Waals surface area contributed by atoms with Crippen molar-refractivity contribution in [3.05, 3.63) is 83.9 Å². The van der Waals surface area contributed by atoms with Gasteiger partial charge in [0, 0.05) is 9.52 Å². The predicted octanol–water partition coefficient (Wildman–Crippen LogP) is 3.38. The minimum Gasteiger partial charge on any atom is -1.00 e. The average molecular weight is 558 g/mol. The van der Waals surface area contributed by atoms with Crippen molar-refractivity contribution in [3.63, 3.8) is 0 Å². The summed E-state index contributed by atoms with van der Waals surface area (Å²) in [4.78, 5) is 0. The van der Waals surface area contributed by atoms with Crippen LogP contribution in [-0.4, -0.2) is 9.52 Å². The van der Waals surface area contributed by atoms with Gasteiger partial charge in [0.25, 0.3) is 0 Å². The fraction of sp³-hybridized carbons (Fsp3) is 0.400. The third-order valence-corrected chi connectivity index (χ3v) is 6.49. The van der Waals surface area contributed by atoms with Crippen LogP contribution in [0.3, 0.4) is 0 Å². The normalized spacial score (nSPS) is 9.53. The molecule has 0 bridgehead atoms. The van der Waals surface area contributed by atoms with E-state index in [1.54, 1.807) is 0 Å². The molecular formula is C30H40F2SiZr. The molecule has 0 atom stereocenters. The van der Waals surface area contributed by atoms with E-state index in [0.29, 0.717) is 0 Å². The summed E-state index contributed by atoms with van der Waals surface area (Å²) in [5, 5.41) is 5.53. The smallest absolute Gasteiger partial charge is 1.00 e. The van der Waals surface area contributed by atoms with E-state index in [0.717, 1.165) is 0 Å². The summed E-state index contributed by atoms with van der Waals surface area (Å²) in [6.07, 6.45) is 7.62. The van der Waals surface area contributed by atoms with E-state index < -0.39 is 0 Å². The van der Waals surface area contributed by atoms with Gasteiger partial charge < -0.3 is 9.41 Å². The monoisotopic (exact) mass is 556 g/mol. The number of hydrogen-bond donors (Lipinski definition) is 0. The third-order valence-electron chi connectivity index (χ3n) is 5.49. The largest absolute Gasteiger partial charge is 4.00 e. The van der Waals surface area contributed by atoms with Crippen LogP contribution in [0.5, 0.6) is 0 Å². The molecule has 0 aromatic heterocycles. The van der Waals surface area contributed by atoms with Crippen molar-refractivity contribution in [2.24, 2.45) is 0 Å². The molecule has 0 unspecified atom stereocenters. The van der Waals surface area contributed by atoms with Crippen LogP contribution >= 0.6 is 0 Å². The standard InChI is InChI=1S/2C13H15.C4H10Si.2FH.Zr/c2*1-2-3-6-11-9-12-7-4-5-8-13(12)10-11;1-3-5-4-2;;;/h2*4-5,7-10H,2-3,6H2,1H3;3-4H2,1-2H3;2*1H;/q2*-1;;;;+4/p-2. The number of aryl methyl sites for hydroxylation is 2. The van der Waals surface area contributed by atoms with Crippen LogP contribution in [0.25, 0.3) is 21.5 Å². The second-order valence-corrected chi connectivity index (χ2v) is 10.1. The Balaban J connectivity index is 0. The maximum absolute atomic E-state index is 2.31. The van der Waals surface area contributed by atoms with Gasteiger partial charge in [-0.25, -0.2) is 0 Å². The zero-order valence-corrected chi connectivity index (χ0v) is 24.8. The van der Waals surface area contributed by atoms with Crippen LogP contribution in [0.2, 0.25) is 12.1 Å². The first-order valence-corrected chi connectivity index (χ1v) is 13.6. The number of unbranched alkanes of at least 4 members (excludes halogenated alkanes) is 2. The minimum absolute atomic E-state index is 0. The van der Waals surface area contributed by atoms with Crippen molar-refractivity contribution >= 4 is 31.1 Å². The topological polar surface area (TPSA) is 0 Å². The van der Waals surface area contributed by atoms with Gasteiger partial charge in [-0.15, -0.1) is 81.2 Å². The first-order valence-electron chi connectivity index (χ1n) is 12.2. The number of hydrogen-bond acceptors (Lipinski definition) is 0. The Hall–Kier alpha value is -1.38. The molecule has 4 heteroatoms. The molecule has 0 nitrogen and oxygen atoms in total. The number of fused-ring (bicyclic) bond motifs is 2. The molecule has 0 heterocycles. The molecule has 4 rings (SSSR count). The Morgan fingerprint density at radius 3 is 1.29 bits per heavy atom. The molecule has 0 N–H and O–H groups in total. The van der Waals surface area contributed by atoms with Gasteiger partial charge in [0.1, 0.15) is 0 Å².